The van der Waals surface area contributed by atoms with Gasteiger partial charge in [0, 0.05) is 13.0 Å². The van der Waals surface area contributed by atoms with E-state index in [2.05, 4.69) is 12.2 Å². The lowest BCUT2D eigenvalue weighted by molar-refractivity contribution is -0.250. The summed E-state index contributed by atoms with van der Waals surface area (Å²) >= 11 is 0. The molecule has 5 heteroatoms. The van der Waals surface area contributed by atoms with Gasteiger partial charge in [0.1, 0.15) is 6.09 Å². The maximum atomic E-state index is 11.5. The van der Waals surface area contributed by atoms with Crippen molar-refractivity contribution in [2.45, 2.75) is 96.8 Å². The molecule has 1 amide bonds. The Bertz CT molecular complexity index is 308. The molecule has 142 valence electrons. The Morgan fingerprint density at radius 1 is 0.792 bits per heavy atom. The molecule has 0 atom stereocenters. The highest BCUT2D eigenvalue weighted by Gasteiger charge is 2.02. The molecule has 0 aliphatic carbocycles. The van der Waals surface area contributed by atoms with Crippen LogP contribution in [0.1, 0.15) is 96.8 Å². The van der Waals surface area contributed by atoms with E-state index in [0.29, 0.717) is 19.6 Å². The van der Waals surface area contributed by atoms with E-state index in [-0.39, 0.29) is 5.97 Å². The van der Waals surface area contributed by atoms with Crippen LogP contribution in [-0.2, 0) is 9.53 Å². The van der Waals surface area contributed by atoms with E-state index in [9.17, 15) is 14.7 Å². The van der Waals surface area contributed by atoms with E-state index in [1.807, 2.05) is 0 Å². The highest BCUT2D eigenvalue weighted by Crippen LogP contribution is 2.10. The topological polar surface area (TPSA) is 78.5 Å². The summed E-state index contributed by atoms with van der Waals surface area (Å²) in [6, 6.07) is 0. The average molecular weight is 343 g/mol. The van der Waals surface area contributed by atoms with Crippen molar-refractivity contribution in [2.75, 3.05) is 13.2 Å². The molecule has 0 bridgehead atoms. The minimum Gasteiger partial charge on any atom is -0.530 e. The van der Waals surface area contributed by atoms with Gasteiger partial charge >= 0.3 is 5.97 Å². The predicted octanol–water partition coefficient (Wildman–Crippen LogP) is 3.94. The lowest BCUT2D eigenvalue weighted by atomic mass is 10.1. The summed E-state index contributed by atoms with van der Waals surface area (Å²) in [6.45, 7) is 3.16. The van der Waals surface area contributed by atoms with Crippen LogP contribution in [0.2, 0.25) is 0 Å². The number of carbonyl (C=O) groups excluding carboxylic acids is 2. The maximum absolute atomic E-state index is 11.5. The summed E-state index contributed by atoms with van der Waals surface area (Å²) in [5.41, 5.74) is 0. The van der Waals surface area contributed by atoms with E-state index in [0.717, 1.165) is 32.1 Å². The van der Waals surface area contributed by atoms with Gasteiger partial charge in [-0.1, -0.05) is 71.1 Å². The highest BCUT2D eigenvalue weighted by molar-refractivity contribution is 5.69. The number of carboxylic acid groups (broad SMARTS) is 1. The van der Waals surface area contributed by atoms with Crippen molar-refractivity contribution in [3.05, 3.63) is 0 Å². The van der Waals surface area contributed by atoms with Gasteiger partial charge in [0.05, 0.1) is 6.61 Å². The van der Waals surface area contributed by atoms with Crippen LogP contribution in [0.25, 0.3) is 0 Å². The van der Waals surface area contributed by atoms with Crippen molar-refractivity contribution in [1.82, 2.24) is 5.32 Å². The molecule has 0 heterocycles. The fourth-order valence-electron chi connectivity index (χ4n) is 2.61. The number of esters is 1. The van der Waals surface area contributed by atoms with Crippen molar-refractivity contribution in [3.8, 4) is 0 Å². The summed E-state index contributed by atoms with van der Waals surface area (Å²) < 4.78 is 5.20. The standard InChI is InChI=1S/C19H37NO4/c1-2-3-4-5-6-7-8-9-10-14-17-24-18(21)15-12-11-13-16-20-19(22)23/h20H,2-17H2,1H3,(H,22,23)/p-1. The Morgan fingerprint density at radius 2 is 1.33 bits per heavy atom. The predicted molar refractivity (Wildman–Crippen MR) is 94.7 cm³/mol. The molecule has 5 nitrogen and oxygen atoms in total. The molecule has 0 radical (unpaired) electrons. The molecule has 0 aliphatic heterocycles. The van der Waals surface area contributed by atoms with Gasteiger partial charge in [-0.05, 0) is 19.3 Å². The molecular formula is C19H36NO4-. The van der Waals surface area contributed by atoms with Crippen molar-refractivity contribution in [3.63, 3.8) is 0 Å². The quantitative estimate of drug-likeness (QED) is 0.321. The van der Waals surface area contributed by atoms with E-state index in [1.54, 1.807) is 0 Å². The summed E-state index contributed by atoms with van der Waals surface area (Å²) in [6.07, 6.45) is 14.2. The summed E-state index contributed by atoms with van der Waals surface area (Å²) in [5, 5.41) is 12.3. The largest absolute Gasteiger partial charge is 0.530 e. The lowest BCUT2D eigenvalue weighted by Gasteiger charge is -2.06. The zero-order chi connectivity index (χ0) is 17.9. The monoisotopic (exact) mass is 342 g/mol. The number of amides is 1. The van der Waals surface area contributed by atoms with Crippen LogP contribution < -0.4 is 10.4 Å². The minimum atomic E-state index is -1.24. The van der Waals surface area contributed by atoms with Crippen LogP contribution >= 0.6 is 0 Å². The molecule has 0 aromatic heterocycles. The highest BCUT2D eigenvalue weighted by atomic mass is 16.5. The summed E-state index contributed by atoms with van der Waals surface area (Å²) in [5.74, 6) is -0.140. The second-order valence-corrected chi connectivity index (χ2v) is 6.43. The third-order valence-electron chi connectivity index (χ3n) is 4.09. The fourth-order valence-corrected chi connectivity index (χ4v) is 2.61. The number of rotatable bonds is 17. The smallest absolute Gasteiger partial charge is 0.305 e. The molecule has 0 saturated carbocycles. The number of hydrogen-bond acceptors (Lipinski definition) is 4. The minimum absolute atomic E-state index is 0.140. The molecule has 0 spiro atoms. The second-order valence-electron chi connectivity index (χ2n) is 6.43. The summed E-state index contributed by atoms with van der Waals surface area (Å²) in [7, 11) is 0. The number of ether oxygens (including phenoxy) is 1. The molecule has 0 aromatic rings. The van der Waals surface area contributed by atoms with Crippen LogP contribution in [0.4, 0.5) is 4.79 Å². The Labute approximate surface area is 147 Å². The zero-order valence-electron chi connectivity index (χ0n) is 15.4. The molecule has 24 heavy (non-hydrogen) atoms. The van der Waals surface area contributed by atoms with E-state index in [4.69, 9.17) is 4.74 Å². The number of hydrogen-bond donors (Lipinski definition) is 1. The number of nitrogens with one attached hydrogen (secondary N) is 1. The molecule has 0 fully saturated rings. The number of carbonyl (C=O) groups is 2. The Hall–Kier alpha value is -1.26. The van der Waals surface area contributed by atoms with Crippen LogP contribution in [0.5, 0.6) is 0 Å². The first kappa shape index (κ1) is 22.7. The Morgan fingerprint density at radius 3 is 1.92 bits per heavy atom. The molecule has 1 N–H and O–H groups in total. The van der Waals surface area contributed by atoms with Crippen LogP contribution in [-0.4, -0.2) is 25.2 Å². The first-order valence-electron chi connectivity index (χ1n) is 9.77. The van der Waals surface area contributed by atoms with Crippen LogP contribution in [0, 0.1) is 0 Å². The molecular weight excluding hydrogens is 306 g/mol. The van der Waals surface area contributed by atoms with Crippen molar-refractivity contribution in [1.29, 1.82) is 0 Å². The van der Waals surface area contributed by atoms with E-state index < -0.39 is 6.09 Å². The first-order valence-corrected chi connectivity index (χ1v) is 9.77. The second kappa shape index (κ2) is 18.1. The van der Waals surface area contributed by atoms with Crippen molar-refractivity contribution < 1.29 is 19.4 Å². The van der Waals surface area contributed by atoms with Crippen molar-refractivity contribution >= 4 is 12.1 Å². The van der Waals surface area contributed by atoms with Gasteiger partial charge in [-0.3, -0.25) is 4.79 Å². The summed E-state index contributed by atoms with van der Waals surface area (Å²) in [4.78, 5) is 21.6. The van der Waals surface area contributed by atoms with Gasteiger partial charge in [-0.25, -0.2) is 0 Å². The Balaban J connectivity index is 3.16. The molecule has 0 saturated heterocycles. The molecule has 0 rings (SSSR count). The SMILES string of the molecule is CCCCCCCCCCCCOC(=O)CCCCCNC(=O)[O-]. The van der Waals surface area contributed by atoms with Crippen LogP contribution in [0.3, 0.4) is 0 Å². The zero-order valence-corrected chi connectivity index (χ0v) is 15.4. The van der Waals surface area contributed by atoms with Gasteiger partial charge in [-0.2, -0.15) is 0 Å². The van der Waals surface area contributed by atoms with E-state index >= 15 is 0 Å². The molecule has 0 aromatic carbocycles. The third-order valence-corrected chi connectivity index (χ3v) is 4.09. The normalized spacial score (nSPS) is 10.5. The van der Waals surface area contributed by atoms with Crippen molar-refractivity contribution in [2.24, 2.45) is 0 Å². The molecule has 0 unspecified atom stereocenters. The maximum Gasteiger partial charge on any atom is 0.305 e. The fraction of sp³-hybridized carbons (Fsp3) is 0.895. The number of unbranched alkanes of at least 4 members (excludes halogenated alkanes) is 11. The van der Waals surface area contributed by atoms with Gasteiger partial charge in [0.15, 0.2) is 0 Å². The van der Waals surface area contributed by atoms with Gasteiger partial charge in [0.2, 0.25) is 0 Å². The van der Waals surface area contributed by atoms with Gasteiger partial charge in [-0.15, -0.1) is 0 Å². The van der Waals surface area contributed by atoms with Gasteiger partial charge < -0.3 is 20.0 Å². The third kappa shape index (κ3) is 18.8. The lowest BCUT2D eigenvalue weighted by Crippen LogP contribution is -2.36. The van der Waals surface area contributed by atoms with E-state index in [1.165, 1.54) is 51.4 Å². The first-order chi connectivity index (χ1) is 11.7. The average Bonchev–Trinajstić information content (AvgIpc) is 2.55. The Kier molecular flexibility index (Phi) is 17.1. The van der Waals surface area contributed by atoms with Gasteiger partial charge in [0.25, 0.3) is 0 Å². The molecule has 0 aliphatic rings. The van der Waals surface area contributed by atoms with Crippen LogP contribution in [0.15, 0.2) is 0 Å².